The molecular formula is C10H15BrN2O2. The molecular weight excluding hydrogens is 260 g/mol. The zero-order valence-corrected chi connectivity index (χ0v) is 10.7. The predicted molar refractivity (Wildman–Crippen MR) is 61.8 cm³/mol. The Morgan fingerprint density at radius 1 is 1.73 bits per heavy atom. The van der Waals surface area contributed by atoms with Crippen LogP contribution < -0.4 is 0 Å². The lowest BCUT2D eigenvalue weighted by Gasteiger charge is -2.23. The van der Waals surface area contributed by atoms with Gasteiger partial charge in [-0.2, -0.15) is 0 Å². The van der Waals surface area contributed by atoms with Gasteiger partial charge in [0.05, 0.1) is 12.6 Å². The maximum Gasteiger partial charge on any atom is 0.270 e. The minimum Gasteiger partial charge on any atom is -0.394 e. The van der Waals surface area contributed by atoms with Crippen molar-refractivity contribution in [1.29, 1.82) is 0 Å². The molecule has 1 aromatic heterocycles. The van der Waals surface area contributed by atoms with Crippen LogP contribution in [0.25, 0.3) is 0 Å². The predicted octanol–water partition coefficient (Wildman–Crippen LogP) is 1.24. The van der Waals surface area contributed by atoms with E-state index in [1.807, 2.05) is 13.2 Å². The monoisotopic (exact) mass is 274 g/mol. The van der Waals surface area contributed by atoms with Gasteiger partial charge in [0.1, 0.15) is 5.69 Å². The molecule has 0 fully saturated rings. The van der Waals surface area contributed by atoms with Gasteiger partial charge >= 0.3 is 0 Å². The number of hydrogen-bond donors (Lipinski definition) is 1. The van der Waals surface area contributed by atoms with Gasteiger partial charge in [0.25, 0.3) is 5.91 Å². The fourth-order valence-corrected chi connectivity index (χ4v) is 1.76. The van der Waals surface area contributed by atoms with E-state index in [4.69, 9.17) is 5.11 Å². The van der Waals surface area contributed by atoms with E-state index in [1.165, 1.54) is 4.90 Å². The van der Waals surface area contributed by atoms with E-state index in [0.717, 1.165) is 4.47 Å². The fourth-order valence-electron chi connectivity index (χ4n) is 1.24. The van der Waals surface area contributed by atoms with E-state index in [0.29, 0.717) is 5.69 Å². The van der Waals surface area contributed by atoms with Gasteiger partial charge in [-0.3, -0.25) is 4.79 Å². The molecule has 0 saturated carbocycles. The van der Waals surface area contributed by atoms with Crippen LogP contribution in [0.15, 0.2) is 16.7 Å². The van der Waals surface area contributed by atoms with Crippen LogP contribution in [-0.2, 0) is 7.05 Å². The van der Waals surface area contributed by atoms with E-state index < -0.39 is 0 Å². The van der Waals surface area contributed by atoms with Crippen molar-refractivity contribution in [2.24, 2.45) is 7.05 Å². The second-order valence-electron chi connectivity index (χ2n) is 3.60. The van der Waals surface area contributed by atoms with E-state index in [1.54, 1.807) is 24.6 Å². The van der Waals surface area contributed by atoms with Crippen LogP contribution in [0.2, 0.25) is 0 Å². The van der Waals surface area contributed by atoms with E-state index in [-0.39, 0.29) is 18.6 Å². The highest BCUT2D eigenvalue weighted by Crippen LogP contribution is 2.15. The third-order valence-corrected chi connectivity index (χ3v) is 2.87. The van der Waals surface area contributed by atoms with Crippen LogP contribution in [0.5, 0.6) is 0 Å². The zero-order valence-electron chi connectivity index (χ0n) is 9.07. The number of hydrogen-bond acceptors (Lipinski definition) is 2. The summed E-state index contributed by atoms with van der Waals surface area (Å²) >= 11 is 3.31. The van der Waals surface area contributed by atoms with Crippen LogP contribution in [0.4, 0.5) is 0 Å². The van der Waals surface area contributed by atoms with Crippen molar-refractivity contribution in [3.8, 4) is 0 Å². The first-order valence-corrected chi connectivity index (χ1v) is 5.46. The van der Waals surface area contributed by atoms with Crippen molar-refractivity contribution in [3.05, 3.63) is 22.4 Å². The van der Waals surface area contributed by atoms with Crippen molar-refractivity contribution in [2.75, 3.05) is 13.7 Å². The van der Waals surface area contributed by atoms with Gasteiger partial charge in [0, 0.05) is 24.8 Å². The molecule has 1 atom stereocenters. The summed E-state index contributed by atoms with van der Waals surface area (Å²) in [4.78, 5) is 13.5. The summed E-state index contributed by atoms with van der Waals surface area (Å²) in [5.74, 6) is -0.0928. The maximum atomic E-state index is 12.0. The molecule has 0 aliphatic heterocycles. The number of aliphatic hydroxyl groups excluding tert-OH is 1. The lowest BCUT2D eigenvalue weighted by Crippen LogP contribution is -2.38. The average molecular weight is 275 g/mol. The van der Waals surface area contributed by atoms with Crippen molar-refractivity contribution < 1.29 is 9.90 Å². The molecule has 1 amide bonds. The standard InChI is InChI=1S/C10H15BrN2O2/c1-7(6-14)13(3)10(15)9-4-8(11)5-12(9)2/h4-5,7,14H,6H2,1-3H3. The molecule has 1 N–H and O–H groups in total. The molecule has 0 aliphatic rings. The summed E-state index contributed by atoms with van der Waals surface area (Å²) in [6.07, 6.45) is 1.82. The minimum absolute atomic E-state index is 0.0339. The van der Waals surface area contributed by atoms with E-state index in [2.05, 4.69) is 15.9 Å². The first kappa shape index (κ1) is 12.3. The summed E-state index contributed by atoms with van der Waals surface area (Å²) < 4.78 is 2.63. The van der Waals surface area contributed by atoms with Gasteiger partial charge in [0.2, 0.25) is 0 Å². The number of aromatic nitrogens is 1. The van der Waals surface area contributed by atoms with Crippen LogP contribution >= 0.6 is 15.9 Å². The van der Waals surface area contributed by atoms with Gasteiger partial charge in [-0.05, 0) is 28.9 Å². The highest BCUT2D eigenvalue weighted by atomic mass is 79.9. The average Bonchev–Trinajstić information content (AvgIpc) is 2.54. The smallest absolute Gasteiger partial charge is 0.270 e. The molecule has 0 bridgehead atoms. The number of halogens is 1. The summed E-state index contributed by atoms with van der Waals surface area (Å²) in [6.45, 7) is 1.77. The molecule has 0 spiro atoms. The Hall–Kier alpha value is -0.810. The number of likely N-dealkylation sites (N-methyl/N-ethyl adjacent to an activating group) is 1. The Kier molecular flexibility index (Phi) is 3.93. The number of carbonyl (C=O) groups is 1. The van der Waals surface area contributed by atoms with Gasteiger partial charge in [0.15, 0.2) is 0 Å². The number of amides is 1. The number of rotatable bonds is 3. The Morgan fingerprint density at radius 2 is 2.33 bits per heavy atom. The third-order valence-electron chi connectivity index (χ3n) is 2.44. The summed E-state index contributed by atoms with van der Waals surface area (Å²) in [5.41, 5.74) is 0.602. The Balaban J connectivity index is 2.89. The second kappa shape index (κ2) is 4.81. The summed E-state index contributed by atoms with van der Waals surface area (Å²) in [7, 11) is 3.50. The van der Waals surface area contributed by atoms with Crippen LogP contribution in [-0.4, -0.2) is 40.2 Å². The second-order valence-corrected chi connectivity index (χ2v) is 4.52. The lowest BCUT2D eigenvalue weighted by atomic mass is 10.3. The molecule has 0 radical (unpaired) electrons. The first-order valence-electron chi connectivity index (χ1n) is 4.67. The maximum absolute atomic E-state index is 12.0. The Bertz CT molecular complexity index is 362. The van der Waals surface area contributed by atoms with Gasteiger partial charge in [-0.1, -0.05) is 0 Å². The molecule has 4 nitrogen and oxygen atoms in total. The summed E-state index contributed by atoms with van der Waals surface area (Å²) in [6, 6.07) is 1.59. The highest BCUT2D eigenvalue weighted by molar-refractivity contribution is 9.10. The van der Waals surface area contributed by atoms with Crippen LogP contribution in [0.3, 0.4) is 0 Å². The highest BCUT2D eigenvalue weighted by Gasteiger charge is 2.19. The molecule has 0 aliphatic carbocycles. The molecule has 0 saturated heterocycles. The van der Waals surface area contributed by atoms with Crippen molar-refractivity contribution >= 4 is 21.8 Å². The lowest BCUT2D eigenvalue weighted by molar-refractivity contribution is 0.0672. The molecule has 15 heavy (non-hydrogen) atoms. The van der Waals surface area contributed by atoms with Crippen molar-refractivity contribution in [2.45, 2.75) is 13.0 Å². The molecule has 1 unspecified atom stereocenters. The van der Waals surface area contributed by atoms with Crippen LogP contribution in [0, 0.1) is 0 Å². The molecule has 1 rings (SSSR count). The number of aliphatic hydroxyl groups is 1. The van der Waals surface area contributed by atoms with Crippen molar-refractivity contribution in [3.63, 3.8) is 0 Å². The topological polar surface area (TPSA) is 45.5 Å². The normalized spacial score (nSPS) is 12.6. The number of aryl methyl sites for hydroxylation is 1. The largest absolute Gasteiger partial charge is 0.394 e. The fraction of sp³-hybridized carbons (Fsp3) is 0.500. The Labute approximate surface area is 97.6 Å². The number of nitrogens with zero attached hydrogens (tertiary/aromatic N) is 2. The van der Waals surface area contributed by atoms with Gasteiger partial charge < -0.3 is 14.6 Å². The zero-order chi connectivity index (χ0) is 11.6. The first-order chi connectivity index (χ1) is 6.97. The molecule has 1 aromatic rings. The minimum atomic E-state index is -0.175. The molecule has 84 valence electrons. The van der Waals surface area contributed by atoms with E-state index >= 15 is 0 Å². The summed E-state index contributed by atoms with van der Waals surface area (Å²) in [5, 5.41) is 8.97. The quantitative estimate of drug-likeness (QED) is 0.902. The van der Waals surface area contributed by atoms with Crippen LogP contribution in [0.1, 0.15) is 17.4 Å². The van der Waals surface area contributed by atoms with Gasteiger partial charge in [-0.15, -0.1) is 0 Å². The molecule has 5 heteroatoms. The molecule has 0 aromatic carbocycles. The SMILES string of the molecule is CC(CO)N(C)C(=O)c1cc(Br)cn1C. The third kappa shape index (κ3) is 2.60. The van der Waals surface area contributed by atoms with E-state index in [9.17, 15) is 4.79 Å². The van der Waals surface area contributed by atoms with Gasteiger partial charge in [-0.25, -0.2) is 0 Å². The molecule has 1 heterocycles. The Morgan fingerprint density at radius 3 is 2.73 bits per heavy atom. The van der Waals surface area contributed by atoms with Crippen molar-refractivity contribution in [1.82, 2.24) is 9.47 Å². The number of carbonyl (C=O) groups excluding carboxylic acids is 1.